The number of hydrogen-bond acceptors (Lipinski definition) is 4. The van der Waals surface area contributed by atoms with E-state index >= 15 is 0 Å². The Kier molecular flexibility index (Phi) is 4.98. The van der Waals surface area contributed by atoms with Crippen molar-refractivity contribution in [2.75, 3.05) is 7.11 Å². The molecular weight excluding hydrogens is 302 g/mol. The van der Waals surface area contributed by atoms with Crippen molar-refractivity contribution >= 4 is 21.9 Å². The van der Waals surface area contributed by atoms with Gasteiger partial charge >= 0.3 is 5.97 Å². The lowest BCUT2D eigenvalue weighted by Crippen LogP contribution is -2.22. The summed E-state index contributed by atoms with van der Waals surface area (Å²) in [6, 6.07) is 2.17. The van der Waals surface area contributed by atoms with Crippen LogP contribution in [0, 0.1) is 0 Å². The van der Waals surface area contributed by atoms with Gasteiger partial charge in [0.05, 0.1) is 13.2 Å². The van der Waals surface area contributed by atoms with E-state index in [0.717, 1.165) is 0 Å². The Hall–Kier alpha value is -1.27. The van der Waals surface area contributed by atoms with Crippen LogP contribution < -0.4 is 15.2 Å². The fourth-order valence-corrected chi connectivity index (χ4v) is 1.92. The SMILES string of the molecule is COc1cc(Br)cc(C(N)C(=O)O)c1OC(C)C. The molecule has 0 amide bonds. The Morgan fingerprint density at radius 2 is 2.06 bits per heavy atom. The maximum absolute atomic E-state index is 11.0. The second-order valence-corrected chi connectivity index (χ2v) is 4.92. The van der Waals surface area contributed by atoms with Crippen molar-refractivity contribution in [2.24, 2.45) is 5.73 Å². The van der Waals surface area contributed by atoms with Crippen LogP contribution in [-0.2, 0) is 4.79 Å². The summed E-state index contributed by atoms with van der Waals surface area (Å²) in [5.41, 5.74) is 6.03. The summed E-state index contributed by atoms with van der Waals surface area (Å²) in [6.45, 7) is 3.69. The molecule has 18 heavy (non-hydrogen) atoms. The Labute approximate surface area is 114 Å². The van der Waals surface area contributed by atoms with Gasteiger partial charge < -0.3 is 20.3 Å². The molecule has 0 aliphatic carbocycles. The number of carboxylic acids is 1. The normalized spacial score (nSPS) is 12.3. The Morgan fingerprint density at radius 3 is 2.50 bits per heavy atom. The van der Waals surface area contributed by atoms with Crippen LogP contribution in [-0.4, -0.2) is 24.3 Å². The lowest BCUT2D eigenvalue weighted by Gasteiger charge is -2.19. The lowest BCUT2D eigenvalue weighted by atomic mass is 10.1. The molecule has 5 nitrogen and oxygen atoms in total. The van der Waals surface area contributed by atoms with Crippen molar-refractivity contribution < 1.29 is 19.4 Å². The number of ether oxygens (including phenoxy) is 2. The standard InChI is InChI=1S/C12H16BrNO4/c1-6(2)18-11-8(10(14)12(15)16)4-7(13)5-9(11)17-3/h4-6,10H,14H2,1-3H3,(H,15,16). The Morgan fingerprint density at radius 1 is 1.44 bits per heavy atom. The number of carboxylic acid groups (broad SMARTS) is 1. The van der Waals surface area contributed by atoms with E-state index in [1.807, 2.05) is 13.8 Å². The molecule has 3 N–H and O–H groups in total. The van der Waals surface area contributed by atoms with Gasteiger partial charge in [-0.15, -0.1) is 0 Å². The number of benzene rings is 1. The molecule has 1 rings (SSSR count). The molecule has 0 aromatic heterocycles. The predicted octanol–water partition coefficient (Wildman–Crippen LogP) is 2.33. The summed E-state index contributed by atoms with van der Waals surface area (Å²) in [4.78, 5) is 11.0. The zero-order valence-corrected chi connectivity index (χ0v) is 12.0. The monoisotopic (exact) mass is 317 g/mol. The molecule has 0 spiro atoms. The Balaban J connectivity index is 3.36. The smallest absolute Gasteiger partial charge is 0.325 e. The van der Waals surface area contributed by atoms with Gasteiger partial charge in [0.25, 0.3) is 0 Å². The molecule has 1 unspecified atom stereocenters. The highest BCUT2D eigenvalue weighted by molar-refractivity contribution is 9.10. The molecule has 1 atom stereocenters. The number of halogens is 1. The molecule has 100 valence electrons. The first-order chi connectivity index (χ1) is 8.36. The molecule has 0 bridgehead atoms. The summed E-state index contributed by atoms with van der Waals surface area (Å²) in [7, 11) is 1.49. The van der Waals surface area contributed by atoms with Crippen molar-refractivity contribution in [1.29, 1.82) is 0 Å². The van der Waals surface area contributed by atoms with Crippen LogP contribution in [0.2, 0.25) is 0 Å². The van der Waals surface area contributed by atoms with Crippen molar-refractivity contribution in [2.45, 2.75) is 26.0 Å². The van der Waals surface area contributed by atoms with E-state index < -0.39 is 12.0 Å². The third-order valence-electron chi connectivity index (χ3n) is 2.22. The molecule has 0 saturated carbocycles. The fourth-order valence-electron chi connectivity index (χ4n) is 1.47. The zero-order valence-electron chi connectivity index (χ0n) is 10.4. The minimum absolute atomic E-state index is 0.111. The van der Waals surface area contributed by atoms with Crippen LogP contribution in [0.25, 0.3) is 0 Å². The average Bonchev–Trinajstić information content (AvgIpc) is 2.29. The van der Waals surface area contributed by atoms with E-state index in [-0.39, 0.29) is 6.10 Å². The number of methoxy groups -OCH3 is 1. The molecule has 0 heterocycles. The van der Waals surface area contributed by atoms with E-state index in [4.69, 9.17) is 20.3 Å². The second kappa shape index (κ2) is 6.06. The molecule has 0 aliphatic heterocycles. The topological polar surface area (TPSA) is 81.8 Å². The third kappa shape index (κ3) is 3.36. The van der Waals surface area contributed by atoms with Gasteiger partial charge in [-0.05, 0) is 26.0 Å². The number of hydrogen-bond donors (Lipinski definition) is 2. The number of aliphatic carboxylic acids is 1. The van der Waals surface area contributed by atoms with E-state index in [1.54, 1.807) is 12.1 Å². The van der Waals surface area contributed by atoms with Gasteiger partial charge in [0, 0.05) is 10.0 Å². The van der Waals surface area contributed by atoms with Crippen LogP contribution in [0.4, 0.5) is 0 Å². The summed E-state index contributed by atoms with van der Waals surface area (Å²) in [5, 5.41) is 9.01. The van der Waals surface area contributed by atoms with Crippen LogP contribution >= 0.6 is 15.9 Å². The van der Waals surface area contributed by atoms with Gasteiger partial charge in [-0.2, -0.15) is 0 Å². The van der Waals surface area contributed by atoms with Gasteiger partial charge in [-0.3, -0.25) is 4.79 Å². The van der Waals surface area contributed by atoms with E-state index in [0.29, 0.717) is 21.5 Å². The van der Waals surface area contributed by atoms with Crippen molar-refractivity contribution in [3.63, 3.8) is 0 Å². The van der Waals surface area contributed by atoms with Crippen molar-refractivity contribution in [3.8, 4) is 11.5 Å². The van der Waals surface area contributed by atoms with Gasteiger partial charge in [-0.1, -0.05) is 15.9 Å². The third-order valence-corrected chi connectivity index (χ3v) is 2.68. The molecule has 0 aliphatic rings. The molecule has 6 heteroatoms. The van der Waals surface area contributed by atoms with Crippen molar-refractivity contribution in [1.82, 2.24) is 0 Å². The predicted molar refractivity (Wildman–Crippen MR) is 71.0 cm³/mol. The molecule has 1 aromatic carbocycles. The van der Waals surface area contributed by atoms with Gasteiger partial charge in [-0.25, -0.2) is 0 Å². The van der Waals surface area contributed by atoms with Crippen LogP contribution in [0.1, 0.15) is 25.5 Å². The first-order valence-corrected chi connectivity index (χ1v) is 6.18. The number of carbonyl (C=O) groups is 1. The fraction of sp³-hybridized carbons (Fsp3) is 0.417. The number of nitrogens with two attached hydrogens (primary N) is 1. The summed E-state index contributed by atoms with van der Waals surface area (Å²) >= 11 is 3.29. The molecular formula is C12H16BrNO4. The maximum atomic E-state index is 11.0. The lowest BCUT2D eigenvalue weighted by molar-refractivity contribution is -0.138. The van der Waals surface area contributed by atoms with Gasteiger partial charge in [0.2, 0.25) is 0 Å². The minimum atomic E-state index is -1.16. The van der Waals surface area contributed by atoms with Gasteiger partial charge in [0.15, 0.2) is 11.5 Å². The molecule has 0 fully saturated rings. The first-order valence-electron chi connectivity index (χ1n) is 5.39. The number of rotatable bonds is 5. The van der Waals surface area contributed by atoms with Crippen LogP contribution in [0.5, 0.6) is 11.5 Å². The van der Waals surface area contributed by atoms with Gasteiger partial charge in [0.1, 0.15) is 6.04 Å². The maximum Gasteiger partial charge on any atom is 0.325 e. The van der Waals surface area contributed by atoms with Crippen LogP contribution in [0.3, 0.4) is 0 Å². The van der Waals surface area contributed by atoms with E-state index in [2.05, 4.69) is 15.9 Å². The summed E-state index contributed by atoms with van der Waals surface area (Å²) < 4.78 is 11.5. The second-order valence-electron chi connectivity index (χ2n) is 4.01. The average molecular weight is 318 g/mol. The highest BCUT2D eigenvalue weighted by Crippen LogP contribution is 2.38. The highest BCUT2D eigenvalue weighted by atomic mass is 79.9. The molecule has 0 radical (unpaired) electrons. The minimum Gasteiger partial charge on any atom is -0.493 e. The quantitative estimate of drug-likeness (QED) is 0.871. The first kappa shape index (κ1) is 14.8. The highest BCUT2D eigenvalue weighted by Gasteiger charge is 2.23. The Bertz CT molecular complexity index is 448. The molecule has 1 aromatic rings. The van der Waals surface area contributed by atoms with E-state index in [9.17, 15) is 4.79 Å². The zero-order chi connectivity index (χ0) is 13.9. The largest absolute Gasteiger partial charge is 0.493 e. The summed E-state index contributed by atoms with van der Waals surface area (Å²) in [6.07, 6.45) is -0.111. The van der Waals surface area contributed by atoms with Crippen molar-refractivity contribution in [3.05, 3.63) is 22.2 Å². The molecule has 0 saturated heterocycles. The summed E-state index contributed by atoms with van der Waals surface area (Å²) in [5.74, 6) is -0.306. The van der Waals surface area contributed by atoms with E-state index in [1.165, 1.54) is 7.11 Å². The van der Waals surface area contributed by atoms with Crippen LogP contribution in [0.15, 0.2) is 16.6 Å².